The Hall–Kier alpha value is -1.60. The first-order valence-electron chi connectivity index (χ1n) is 7.43. The van der Waals surface area contributed by atoms with Crippen molar-refractivity contribution >= 4 is 39.1 Å². The first-order valence-corrected chi connectivity index (χ1v) is 9.41. The first-order chi connectivity index (χ1) is 10.9. The maximum atomic E-state index is 12.5. The van der Waals surface area contributed by atoms with Crippen LogP contribution in [0.2, 0.25) is 0 Å². The molecular weight excluding hydrogens is 338 g/mol. The van der Waals surface area contributed by atoms with E-state index in [1.165, 1.54) is 12.1 Å². The third-order valence-electron chi connectivity index (χ3n) is 3.60. The number of amides is 1. The van der Waals surface area contributed by atoms with Crippen LogP contribution in [0.5, 0.6) is 0 Å². The van der Waals surface area contributed by atoms with E-state index >= 15 is 0 Å². The molecule has 1 aromatic rings. The molecule has 126 valence electrons. The van der Waals surface area contributed by atoms with Crippen molar-refractivity contribution < 1.29 is 13.2 Å². The Morgan fingerprint density at radius 1 is 1.35 bits per heavy atom. The molecule has 0 radical (unpaired) electrons. The minimum absolute atomic E-state index is 0.0509. The normalized spacial score (nSPS) is 17.8. The number of carbonyl (C=O) groups is 1. The zero-order chi connectivity index (χ0) is 16.9. The average molecular weight is 358 g/mol. The summed E-state index contributed by atoms with van der Waals surface area (Å²) in [4.78, 5) is 13.3. The van der Waals surface area contributed by atoms with Gasteiger partial charge >= 0.3 is 0 Å². The summed E-state index contributed by atoms with van der Waals surface area (Å²) in [6.07, 6.45) is 3.70. The molecule has 1 fully saturated rings. The number of anilines is 1. The monoisotopic (exact) mass is 357 g/mol. The van der Waals surface area contributed by atoms with Crippen molar-refractivity contribution in [2.45, 2.75) is 30.6 Å². The van der Waals surface area contributed by atoms with Crippen LogP contribution in [0, 0.1) is 0 Å². The molecule has 0 saturated carbocycles. The van der Waals surface area contributed by atoms with Gasteiger partial charge in [0.15, 0.2) is 0 Å². The molecule has 1 saturated heterocycles. The molecule has 0 bridgehead atoms. The Labute approximate surface area is 141 Å². The predicted molar refractivity (Wildman–Crippen MR) is 91.5 cm³/mol. The minimum Gasteiger partial charge on any atom is -0.362 e. The molecule has 1 aliphatic heterocycles. The number of sulfonamides is 1. The zero-order valence-corrected chi connectivity index (χ0v) is 14.5. The molecule has 1 aliphatic rings. The lowest BCUT2D eigenvalue weighted by Crippen LogP contribution is -2.26. The second-order valence-electron chi connectivity index (χ2n) is 5.42. The van der Waals surface area contributed by atoms with Crippen LogP contribution in [0.3, 0.4) is 0 Å². The van der Waals surface area contributed by atoms with Crippen LogP contribution in [0.25, 0.3) is 0 Å². The summed E-state index contributed by atoms with van der Waals surface area (Å²) in [5.74, 6) is -0.00177. The molecule has 0 atom stereocenters. The maximum Gasteiger partial charge on any atom is 0.284 e. The van der Waals surface area contributed by atoms with Gasteiger partial charge in [-0.25, -0.2) is 0 Å². The molecule has 8 heteroatoms. The van der Waals surface area contributed by atoms with Crippen molar-refractivity contribution in [3.63, 3.8) is 0 Å². The van der Waals surface area contributed by atoms with Gasteiger partial charge in [0.1, 0.15) is 11.7 Å². The molecule has 0 aliphatic carbocycles. The summed E-state index contributed by atoms with van der Waals surface area (Å²) < 4.78 is 29.0. The van der Waals surface area contributed by atoms with Gasteiger partial charge in [0.2, 0.25) is 5.91 Å². The molecule has 1 heterocycles. The van der Waals surface area contributed by atoms with E-state index in [9.17, 15) is 13.2 Å². The number of likely N-dealkylation sites (tertiary alicyclic amines) is 1. The van der Waals surface area contributed by atoms with Gasteiger partial charge < -0.3 is 10.2 Å². The van der Waals surface area contributed by atoms with Gasteiger partial charge in [-0.05, 0) is 31.0 Å². The summed E-state index contributed by atoms with van der Waals surface area (Å²) in [6.45, 7) is 0.806. The number of hydrogen-bond acceptors (Lipinski definition) is 3. The number of alkyl halides is 1. The van der Waals surface area contributed by atoms with Crippen molar-refractivity contribution in [1.29, 1.82) is 0 Å². The van der Waals surface area contributed by atoms with Gasteiger partial charge in [0.05, 0.1) is 4.90 Å². The van der Waals surface area contributed by atoms with E-state index in [-0.39, 0.29) is 10.8 Å². The van der Waals surface area contributed by atoms with Crippen LogP contribution in [0.15, 0.2) is 33.6 Å². The SMILES string of the molecule is CN1CCCCC/C1=N\S(=O)(=O)c1cccc(NC(=O)CCl)c1. The third-order valence-corrected chi connectivity index (χ3v) is 5.14. The highest BCUT2D eigenvalue weighted by Gasteiger charge is 2.18. The van der Waals surface area contributed by atoms with Crippen LogP contribution in [-0.2, 0) is 14.8 Å². The number of rotatable bonds is 4. The molecule has 2 rings (SSSR count). The summed E-state index contributed by atoms with van der Waals surface area (Å²) in [6, 6.07) is 6.02. The van der Waals surface area contributed by atoms with Crippen LogP contribution in [0.4, 0.5) is 5.69 Å². The molecule has 6 nitrogen and oxygen atoms in total. The highest BCUT2D eigenvalue weighted by molar-refractivity contribution is 7.90. The van der Waals surface area contributed by atoms with E-state index in [1.54, 1.807) is 12.1 Å². The Morgan fingerprint density at radius 3 is 2.87 bits per heavy atom. The van der Waals surface area contributed by atoms with E-state index in [2.05, 4.69) is 9.71 Å². The number of hydrogen-bond donors (Lipinski definition) is 1. The molecule has 1 N–H and O–H groups in total. The molecule has 1 amide bonds. The smallest absolute Gasteiger partial charge is 0.284 e. The number of amidine groups is 1. The molecule has 0 spiro atoms. The lowest BCUT2D eigenvalue weighted by molar-refractivity contribution is -0.113. The van der Waals surface area contributed by atoms with Gasteiger partial charge in [0.25, 0.3) is 10.0 Å². The van der Waals surface area contributed by atoms with E-state index < -0.39 is 15.9 Å². The Kier molecular flexibility index (Phi) is 6.01. The summed E-state index contributed by atoms with van der Waals surface area (Å²) >= 11 is 5.43. The van der Waals surface area contributed by atoms with Gasteiger partial charge in [-0.3, -0.25) is 4.79 Å². The summed E-state index contributed by atoms with van der Waals surface area (Å²) in [5, 5.41) is 2.53. The highest BCUT2D eigenvalue weighted by Crippen LogP contribution is 2.20. The Bertz CT molecular complexity index is 704. The van der Waals surface area contributed by atoms with Crippen LogP contribution in [-0.4, -0.2) is 44.5 Å². The minimum atomic E-state index is -3.81. The highest BCUT2D eigenvalue weighted by atomic mass is 35.5. The molecule has 23 heavy (non-hydrogen) atoms. The van der Waals surface area contributed by atoms with Crippen molar-refractivity contribution in [3.05, 3.63) is 24.3 Å². The topological polar surface area (TPSA) is 78.8 Å². The molecular formula is C15H20ClN3O3S. The Balaban J connectivity index is 2.28. The lowest BCUT2D eigenvalue weighted by Gasteiger charge is -2.17. The first kappa shape index (κ1) is 17.7. The fourth-order valence-electron chi connectivity index (χ4n) is 2.36. The van der Waals surface area contributed by atoms with Crippen molar-refractivity contribution in [2.24, 2.45) is 4.40 Å². The van der Waals surface area contributed by atoms with Gasteiger partial charge in [0, 0.05) is 25.7 Å². The van der Waals surface area contributed by atoms with E-state index in [4.69, 9.17) is 11.6 Å². The maximum absolute atomic E-state index is 12.5. The van der Waals surface area contributed by atoms with Gasteiger partial charge in [-0.15, -0.1) is 16.0 Å². The van der Waals surface area contributed by atoms with Gasteiger partial charge in [-0.2, -0.15) is 8.42 Å². The van der Waals surface area contributed by atoms with E-state index in [0.717, 1.165) is 25.8 Å². The third kappa shape index (κ3) is 4.94. The summed E-state index contributed by atoms with van der Waals surface area (Å²) in [5.41, 5.74) is 0.381. The second-order valence-corrected chi connectivity index (χ2v) is 7.30. The number of carbonyl (C=O) groups excluding carboxylic acids is 1. The standard InChI is InChI=1S/C15H20ClN3O3S/c1-19-9-4-2-3-8-14(19)18-23(21,22)13-7-5-6-12(10-13)17-15(20)11-16/h5-7,10H,2-4,8-9,11H2,1H3,(H,17,20)/b18-14+. The quantitative estimate of drug-likeness (QED) is 0.839. The van der Waals surface area contributed by atoms with Crippen LogP contribution in [0.1, 0.15) is 25.7 Å². The number of halogens is 1. The number of nitrogens with one attached hydrogen (secondary N) is 1. The molecule has 1 aromatic carbocycles. The largest absolute Gasteiger partial charge is 0.362 e. The zero-order valence-electron chi connectivity index (χ0n) is 13.0. The summed E-state index contributed by atoms with van der Waals surface area (Å²) in [7, 11) is -1.95. The molecule has 0 unspecified atom stereocenters. The van der Waals surface area contributed by atoms with Crippen LogP contribution < -0.4 is 5.32 Å². The fraction of sp³-hybridized carbons (Fsp3) is 0.467. The lowest BCUT2D eigenvalue weighted by atomic mass is 10.2. The fourth-order valence-corrected chi connectivity index (χ4v) is 3.57. The predicted octanol–water partition coefficient (Wildman–Crippen LogP) is 2.46. The van der Waals surface area contributed by atoms with Crippen molar-refractivity contribution in [1.82, 2.24) is 4.90 Å². The average Bonchev–Trinajstić information content (AvgIpc) is 2.72. The van der Waals surface area contributed by atoms with Gasteiger partial charge in [-0.1, -0.05) is 12.5 Å². The number of nitrogens with zero attached hydrogens (tertiary/aromatic N) is 2. The Morgan fingerprint density at radius 2 is 2.13 bits per heavy atom. The van der Waals surface area contributed by atoms with Crippen molar-refractivity contribution in [2.75, 3.05) is 24.8 Å². The van der Waals surface area contributed by atoms with E-state index in [0.29, 0.717) is 17.9 Å². The van der Waals surface area contributed by atoms with Crippen LogP contribution >= 0.6 is 11.6 Å². The molecule has 0 aromatic heterocycles. The number of benzene rings is 1. The van der Waals surface area contributed by atoms with Crippen molar-refractivity contribution in [3.8, 4) is 0 Å². The van der Waals surface area contributed by atoms with E-state index in [1.807, 2.05) is 11.9 Å². The second kappa shape index (κ2) is 7.79.